The van der Waals surface area contributed by atoms with Crippen molar-refractivity contribution in [2.45, 2.75) is 76.3 Å². The lowest BCUT2D eigenvalue weighted by Crippen LogP contribution is -2.36. The van der Waals surface area contributed by atoms with E-state index in [2.05, 4.69) is 25.0 Å². The first-order valence-electron chi connectivity index (χ1n) is 9.87. The van der Waals surface area contributed by atoms with Gasteiger partial charge in [-0.1, -0.05) is 13.8 Å². The van der Waals surface area contributed by atoms with E-state index < -0.39 is 38.2 Å². The molecule has 0 saturated carbocycles. The van der Waals surface area contributed by atoms with E-state index in [1.54, 1.807) is 13.8 Å². The van der Waals surface area contributed by atoms with Crippen LogP contribution in [0.5, 0.6) is 0 Å². The molecule has 6 atom stereocenters. The number of hydrogen-bond donors (Lipinski definition) is 3. The smallest absolute Gasteiger partial charge is 0.201 e. The number of aliphatic hydroxyl groups excluding tert-OH is 2. The summed E-state index contributed by atoms with van der Waals surface area (Å²) in [5.41, 5.74) is 14.1. The Hall–Kier alpha value is -2.27. The molecule has 0 aliphatic carbocycles. The van der Waals surface area contributed by atoms with Gasteiger partial charge >= 0.3 is 0 Å². The maximum absolute atomic E-state index is 12.4. The highest BCUT2D eigenvalue weighted by Gasteiger charge is 2.47. The number of ether oxygens (including phenoxy) is 1. The second-order valence-corrected chi connectivity index (χ2v) is 9.97. The average molecular weight is 454 g/mol. The Morgan fingerprint density at radius 1 is 1.45 bits per heavy atom. The summed E-state index contributed by atoms with van der Waals surface area (Å²) in [5.74, 6) is -0.0774. The van der Waals surface area contributed by atoms with Crippen LogP contribution in [0.15, 0.2) is 11.4 Å². The van der Waals surface area contributed by atoms with Gasteiger partial charge in [-0.15, -0.1) is 0 Å². The Labute approximate surface area is 179 Å². The molecule has 0 spiro atoms. The van der Waals surface area contributed by atoms with Crippen molar-refractivity contribution in [3.8, 4) is 0 Å². The zero-order valence-corrected chi connectivity index (χ0v) is 18.7. The second kappa shape index (κ2) is 9.07. The number of nitrogens with zero attached hydrogens (tertiary/aromatic N) is 7. The maximum atomic E-state index is 12.4. The van der Waals surface area contributed by atoms with Crippen molar-refractivity contribution in [3.63, 3.8) is 0 Å². The minimum atomic E-state index is -2.30. The van der Waals surface area contributed by atoms with Crippen molar-refractivity contribution in [2.24, 2.45) is 5.11 Å². The number of fused-ring (bicyclic) bond motifs is 1. The summed E-state index contributed by atoms with van der Waals surface area (Å²) in [7, 11) is -2.30. The molecule has 170 valence electrons. The normalized spacial score (nSPS) is 26.0. The summed E-state index contributed by atoms with van der Waals surface area (Å²) < 4.78 is 25.4. The van der Waals surface area contributed by atoms with Crippen LogP contribution in [0.1, 0.15) is 46.8 Å². The van der Waals surface area contributed by atoms with Gasteiger partial charge in [0.25, 0.3) is 0 Å². The van der Waals surface area contributed by atoms with Gasteiger partial charge in [0.2, 0.25) is 5.95 Å². The van der Waals surface area contributed by atoms with E-state index in [9.17, 15) is 14.8 Å². The van der Waals surface area contributed by atoms with Crippen LogP contribution in [0.25, 0.3) is 21.6 Å². The number of azide groups is 1. The van der Waals surface area contributed by atoms with Gasteiger partial charge in [-0.25, -0.2) is 15.0 Å². The number of hydrogen-bond acceptors (Lipinski definition) is 10. The standard InChI is InChI=1S/C17H27N8O5P/c1-5-8(2)31(28)30-17(3,4)6-9-11(26)12(27)15(29-9)25-14-10(13(18)20-7-21-14)22-16(25)23-24-19/h7-9,11-12,15,26-27,31H,5-6H2,1-4H3,(H2,18,20,21)/t8?,9-,11-,12-,15?/m1/s1. The van der Waals surface area contributed by atoms with E-state index in [1.165, 1.54) is 10.9 Å². The van der Waals surface area contributed by atoms with Gasteiger partial charge in [0.15, 0.2) is 31.2 Å². The first-order chi connectivity index (χ1) is 14.6. The Kier molecular flexibility index (Phi) is 6.85. The van der Waals surface area contributed by atoms with Gasteiger partial charge in [0.05, 0.1) is 11.7 Å². The topological polar surface area (TPSA) is 194 Å². The quantitative estimate of drug-likeness (QED) is 0.232. The van der Waals surface area contributed by atoms with Crippen LogP contribution in [0.2, 0.25) is 0 Å². The van der Waals surface area contributed by atoms with Gasteiger partial charge in [0, 0.05) is 17.0 Å². The van der Waals surface area contributed by atoms with Gasteiger partial charge < -0.3 is 25.2 Å². The molecule has 4 N–H and O–H groups in total. The van der Waals surface area contributed by atoms with E-state index >= 15 is 0 Å². The van der Waals surface area contributed by atoms with Gasteiger partial charge in [-0.2, -0.15) is 0 Å². The van der Waals surface area contributed by atoms with Crippen LogP contribution in [0.3, 0.4) is 0 Å². The SMILES string of the molecule is CCC(C)[PH](=O)OC(C)(C)C[C@H]1OC(n2c(N=[N+]=[N-])nc3c(N)ncnc32)[C@H](O)[C@@H]1O. The molecule has 3 unspecified atom stereocenters. The molecule has 2 aromatic heterocycles. The van der Waals surface area contributed by atoms with Crippen molar-refractivity contribution < 1.29 is 24.0 Å². The second-order valence-electron chi connectivity index (χ2n) is 8.14. The Morgan fingerprint density at radius 3 is 2.81 bits per heavy atom. The average Bonchev–Trinajstić information content (AvgIpc) is 3.20. The monoisotopic (exact) mass is 454 g/mol. The fourth-order valence-corrected chi connectivity index (χ4v) is 4.60. The van der Waals surface area contributed by atoms with Gasteiger partial charge in [-0.3, -0.25) is 9.13 Å². The summed E-state index contributed by atoms with van der Waals surface area (Å²) in [5, 5.41) is 24.9. The molecule has 0 bridgehead atoms. The zero-order valence-electron chi connectivity index (χ0n) is 17.7. The highest BCUT2D eigenvalue weighted by atomic mass is 31.1. The number of aliphatic hydroxyl groups is 2. The highest BCUT2D eigenvalue weighted by molar-refractivity contribution is 7.40. The highest BCUT2D eigenvalue weighted by Crippen LogP contribution is 2.42. The van der Waals surface area contributed by atoms with E-state index in [0.29, 0.717) is 0 Å². The van der Waals surface area contributed by atoms with E-state index in [1.807, 2.05) is 13.8 Å². The fourth-order valence-electron chi connectivity index (χ4n) is 3.44. The first kappa shape index (κ1) is 23.4. The molecular formula is C17H27N8O5P. The molecule has 3 rings (SSSR count). The molecule has 31 heavy (non-hydrogen) atoms. The molecule has 1 aliphatic heterocycles. The van der Waals surface area contributed by atoms with E-state index in [-0.39, 0.29) is 35.0 Å². The summed E-state index contributed by atoms with van der Waals surface area (Å²) in [6, 6.07) is 0. The van der Waals surface area contributed by atoms with Crippen LogP contribution >= 0.6 is 8.03 Å². The van der Waals surface area contributed by atoms with Crippen molar-refractivity contribution in [1.29, 1.82) is 0 Å². The summed E-state index contributed by atoms with van der Waals surface area (Å²) >= 11 is 0. The molecular weight excluding hydrogens is 427 g/mol. The van der Waals surface area contributed by atoms with Gasteiger partial charge in [-0.05, 0) is 30.9 Å². The Morgan fingerprint density at radius 2 is 2.16 bits per heavy atom. The van der Waals surface area contributed by atoms with Gasteiger partial charge in [0.1, 0.15) is 18.5 Å². The minimum absolute atomic E-state index is 0.0624. The van der Waals surface area contributed by atoms with Crippen LogP contribution < -0.4 is 5.73 Å². The number of nitrogens with two attached hydrogens (primary N) is 1. The van der Waals surface area contributed by atoms with Crippen molar-refractivity contribution in [1.82, 2.24) is 19.5 Å². The molecule has 14 heteroatoms. The number of rotatable bonds is 8. The number of nitrogen functional groups attached to an aromatic ring is 1. The van der Waals surface area contributed by atoms with Crippen LogP contribution in [-0.2, 0) is 13.8 Å². The Balaban J connectivity index is 1.89. The number of imidazole rings is 1. The number of anilines is 1. The molecule has 0 amide bonds. The van der Waals surface area contributed by atoms with Crippen molar-refractivity contribution in [3.05, 3.63) is 16.8 Å². The first-order valence-corrected chi connectivity index (χ1v) is 11.3. The van der Waals surface area contributed by atoms with Crippen molar-refractivity contribution >= 4 is 31.0 Å². The molecule has 1 saturated heterocycles. The lowest BCUT2D eigenvalue weighted by Gasteiger charge is -2.30. The molecule has 0 aromatic carbocycles. The van der Waals surface area contributed by atoms with Crippen LogP contribution in [0.4, 0.5) is 11.8 Å². The lowest BCUT2D eigenvalue weighted by atomic mass is 9.97. The third-order valence-electron chi connectivity index (χ3n) is 5.30. The molecule has 13 nitrogen and oxygen atoms in total. The van der Waals surface area contributed by atoms with E-state index in [4.69, 9.17) is 20.5 Å². The zero-order chi connectivity index (χ0) is 22.9. The maximum Gasteiger partial charge on any atom is 0.201 e. The molecule has 3 heterocycles. The predicted molar refractivity (Wildman–Crippen MR) is 113 cm³/mol. The Bertz CT molecular complexity index is 1020. The molecule has 2 aromatic rings. The summed E-state index contributed by atoms with van der Waals surface area (Å²) in [6.45, 7) is 7.29. The van der Waals surface area contributed by atoms with Crippen LogP contribution in [0, 0.1) is 0 Å². The third-order valence-corrected chi connectivity index (χ3v) is 7.26. The van der Waals surface area contributed by atoms with Crippen LogP contribution in [-0.4, -0.2) is 59.3 Å². The molecule has 1 fully saturated rings. The van der Waals surface area contributed by atoms with Crippen molar-refractivity contribution in [2.75, 3.05) is 5.73 Å². The van der Waals surface area contributed by atoms with E-state index in [0.717, 1.165) is 6.42 Å². The molecule has 1 aliphatic rings. The molecule has 0 radical (unpaired) electrons. The minimum Gasteiger partial charge on any atom is -0.388 e. The predicted octanol–water partition coefficient (Wildman–Crippen LogP) is 2.43. The summed E-state index contributed by atoms with van der Waals surface area (Å²) in [4.78, 5) is 14.8. The number of aromatic nitrogens is 4. The summed E-state index contributed by atoms with van der Waals surface area (Å²) in [6.07, 6.45) is -2.58. The third kappa shape index (κ3) is 4.67. The lowest BCUT2D eigenvalue weighted by molar-refractivity contribution is -0.0571. The fraction of sp³-hybridized carbons (Fsp3) is 0.706. The largest absolute Gasteiger partial charge is 0.388 e.